The van der Waals surface area contributed by atoms with Gasteiger partial charge in [-0.2, -0.15) is 0 Å². The fourth-order valence-electron chi connectivity index (χ4n) is 6.61. The minimum Gasteiger partial charge on any atom is -0.504 e. The Balaban J connectivity index is 1.59. The third-order valence-corrected chi connectivity index (χ3v) is 7.68. The summed E-state index contributed by atoms with van der Waals surface area (Å²) in [5.41, 5.74) is 1.16. The molecule has 0 radical (unpaired) electrons. The van der Waals surface area contributed by atoms with Gasteiger partial charge in [0.25, 0.3) is 0 Å². The Labute approximate surface area is 143 Å². The van der Waals surface area contributed by atoms with E-state index in [1.165, 1.54) is 6.92 Å². The molecule has 3 saturated carbocycles. The number of aliphatic hydroxyl groups excluding tert-OH is 1. The van der Waals surface area contributed by atoms with Gasteiger partial charge in [0.15, 0.2) is 11.5 Å². The van der Waals surface area contributed by atoms with E-state index >= 15 is 0 Å². The number of aliphatic hydroxyl groups is 1. The van der Waals surface area contributed by atoms with Crippen LogP contribution in [0.2, 0.25) is 0 Å². The van der Waals surface area contributed by atoms with Gasteiger partial charge in [0.05, 0.1) is 0 Å². The first-order valence-electron chi connectivity index (χ1n) is 9.54. The van der Waals surface area contributed by atoms with Crippen molar-refractivity contribution in [1.82, 2.24) is 0 Å². The molecule has 4 rings (SSSR count). The zero-order valence-corrected chi connectivity index (χ0v) is 14.7. The lowest BCUT2D eigenvalue weighted by Crippen LogP contribution is -2.48. The van der Waals surface area contributed by atoms with Crippen molar-refractivity contribution in [3.8, 4) is 0 Å². The summed E-state index contributed by atoms with van der Waals surface area (Å²) in [6.07, 6.45) is 7.78. The highest BCUT2D eigenvalue weighted by Gasteiger charge is 2.57. The van der Waals surface area contributed by atoms with Gasteiger partial charge in [0, 0.05) is 18.8 Å². The molecule has 0 saturated heterocycles. The van der Waals surface area contributed by atoms with Crippen molar-refractivity contribution in [2.45, 2.75) is 71.3 Å². The minimum atomic E-state index is -0.159. The van der Waals surface area contributed by atoms with E-state index in [0.717, 1.165) is 50.5 Å². The second kappa shape index (κ2) is 5.60. The molecule has 0 amide bonds. The first kappa shape index (κ1) is 16.2. The van der Waals surface area contributed by atoms with Crippen LogP contribution < -0.4 is 0 Å². The number of carbonyl (C=O) groups is 2. The summed E-state index contributed by atoms with van der Waals surface area (Å²) in [4.78, 5) is 23.3. The van der Waals surface area contributed by atoms with E-state index < -0.39 is 0 Å². The highest BCUT2D eigenvalue weighted by Crippen LogP contribution is 2.62. The number of Topliss-reactive ketones (excluding diaryl/α,β-unsaturated/α-hetero) is 1. The molecule has 4 nitrogen and oxygen atoms in total. The summed E-state index contributed by atoms with van der Waals surface area (Å²) >= 11 is 0. The van der Waals surface area contributed by atoms with E-state index in [1.54, 1.807) is 0 Å². The number of esters is 1. The maximum atomic E-state index is 11.8. The van der Waals surface area contributed by atoms with Crippen LogP contribution in [0.5, 0.6) is 0 Å². The number of ketones is 1. The number of allylic oxidation sites excluding steroid dienone is 1. The van der Waals surface area contributed by atoms with E-state index in [-0.39, 0.29) is 29.0 Å². The molecule has 6 atom stereocenters. The first-order chi connectivity index (χ1) is 11.4. The van der Waals surface area contributed by atoms with Crippen molar-refractivity contribution in [3.63, 3.8) is 0 Å². The summed E-state index contributed by atoms with van der Waals surface area (Å²) in [5, 5.41) is 10.2. The number of rotatable bonds is 1. The zero-order valence-electron chi connectivity index (χ0n) is 14.7. The van der Waals surface area contributed by atoms with E-state index in [0.29, 0.717) is 30.1 Å². The second-order valence-corrected chi connectivity index (χ2v) is 8.63. The summed E-state index contributed by atoms with van der Waals surface area (Å²) in [7, 11) is 0. The van der Waals surface area contributed by atoms with Crippen LogP contribution in [0.15, 0.2) is 11.3 Å². The monoisotopic (exact) mass is 332 g/mol. The van der Waals surface area contributed by atoms with Crippen LogP contribution in [0.4, 0.5) is 0 Å². The van der Waals surface area contributed by atoms with E-state index in [9.17, 15) is 14.7 Å². The van der Waals surface area contributed by atoms with Crippen LogP contribution in [-0.4, -0.2) is 23.0 Å². The van der Waals surface area contributed by atoms with Crippen molar-refractivity contribution >= 4 is 11.8 Å². The van der Waals surface area contributed by atoms with Gasteiger partial charge in [-0.1, -0.05) is 6.92 Å². The molecule has 132 valence electrons. The Morgan fingerprint density at radius 3 is 2.67 bits per heavy atom. The van der Waals surface area contributed by atoms with Gasteiger partial charge >= 0.3 is 5.97 Å². The molecule has 3 fully saturated rings. The molecule has 4 aliphatic carbocycles. The Hall–Kier alpha value is -1.32. The molecule has 4 heteroatoms. The van der Waals surface area contributed by atoms with Crippen LogP contribution in [0, 0.1) is 29.1 Å². The Kier molecular flexibility index (Phi) is 3.77. The van der Waals surface area contributed by atoms with Crippen molar-refractivity contribution in [3.05, 3.63) is 11.3 Å². The molecule has 0 aromatic carbocycles. The highest BCUT2D eigenvalue weighted by molar-refractivity contribution is 5.94. The lowest BCUT2D eigenvalue weighted by molar-refractivity contribution is -0.156. The topological polar surface area (TPSA) is 63.6 Å². The van der Waals surface area contributed by atoms with Gasteiger partial charge in [0.2, 0.25) is 0 Å². The molecule has 1 N–H and O–H groups in total. The van der Waals surface area contributed by atoms with Crippen LogP contribution in [0.1, 0.15) is 65.2 Å². The van der Waals surface area contributed by atoms with Crippen LogP contribution >= 0.6 is 0 Å². The molecule has 0 aromatic rings. The molecular formula is C20H28O4. The van der Waals surface area contributed by atoms with Gasteiger partial charge in [-0.05, 0) is 74.2 Å². The fraction of sp³-hybridized carbons (Fsp3) is 0.800. The van der Waals surface area contributed by atoms with E-state index in [4.69, 9.17) is 4.74 Å². The van der Waals surface area contributed by atoms with Gasteiger partial charge in [0.1, 0.15) is 6.10 Å². The average molecular weight is 332 g/mol. The molecule has 0 heterocycles. The van der Waals surface area contributed by atoms with Gasteiger partial charge in [-0.15, -0.1) is 0 Å². The largest absolute Gasteiger partial charge is 0.504 e. The molecule has 4 aliphatic rings. The normalized spacial score (nSPS) is 44.6. The van der Waals surface area contributed by atoms with Gasteiger partial charge < -0.3 is 9.84 Å². The molecular weight excluding hydrogens is 304 g/mol. The highest BCUT2D eigenvalue weighted by atomic mass is 16.5. The Bertz CT molecular complexity index is 607. The molecule has 6 unspecified atom stereocenters. The predicted molar refractivity (Wildman–Crippen MR) is 89.2 cm³/mol. The lowest BCUT2D eigenvalue weighted by Gasteiger charge is -2.53. The summed E-state index contributed by atoms with van der Waals surface area (Å²) in [6.45, 7) is 3.84. The number of ether oxygens (including phenoxy) is 1. The van der Waals surface area contributed by atoms with E-state index in [2.05, 4.69) is 6.92 Å². The average Bonchev–Trinajstić information content (AvgIpc) is 2.87. The maximum Gasteiger partial charge on any atom is 0.302 e. The maximum absolute atomic E-state index is 11.8. The summed E-state index contributed by atoms with van der Waals surface area (Å²) in [5.74, 6) is 2.13. The van der Waals surface area contributed by atoms with Crippen LogP contribution in [-0.2, 0) is 14.3 Å². The standard InChI is InChI=1S/C20H28O4/c1-11(21)24-18-8-6-16-14-3-4-15-12(5-7-17(22)19(15)23)13(14)9-10-20(16,18)2/h12-14,16,18,23H,3-10H2,1-2H3. The van der Waals surface area contributed by atoms with Gasteiger partial charge in [-0.25, -0.2) is 0 Å². The third kappa shape index (κ3) is 2.25. The Morgan fingerprint density at radius 1 is 1.12 bits per heavy atom. The number of hydrogen-bond donors (Lipinski definition) is 1. The molecule has 0 aromatic heterocycles. The zero-order chi connectivity index (χ0) is 17.1. The molecule has 0 spiro atoms. The number of fused-ring (bicyclic) bond motifs is 5. The van der Waals surface area contributed by atoms with Gasteiger partial charge in [-0.3, -0.25) is 9.59 Å². The van der Waals surface area contributed by atoms with Crippen LogP contribution in [0.25, 0.3) is 0 Å². The molecule has 0 bridgehead atoms. The van der Waals surface area contributed by atoms with Crippen molar-refractivity contribution < 1.29 is 19.4 Å². The SMILES string of the molecule is CC(=O)OC1CCC2C3CCC4=C(O)C(=O)CCC4C3CCC12C. The minimum absolute atomic E-state index is 0.0591. The summed E-state index contributed by atoms with van der Waals surface area (Å²) < 4.78 is 5.67. The second-order valence-electron chi connectivity index (χ2n) is 8.63. The fourth-order valence-corrected chi connectivity index (χ4v) is 6.61. The van der Waals surface area contributed by atoms with Crippen molar-refractivity contribution in [2.24, 2.45) is 29.1 Å². The van der Waals surface area contributed by atoms with Crippen molar-refractivity contribution in [2.75, 3.05) is 0 Å². The number of carbonyl (C=O) groups excluding carboxylic acids is 2. The predicted octanol–water partition coefficient (Wildman–Crippen LogP) is 3.95. The third-order valence-electron chi connectivity index (χ3n) is 7.68. The molecule has 24 heavy (non-hydrogen) atoms. The Morgan fingerprint density at radius 2 is 1.92 bits per heavy atom. The van der Waals surface area contributed by atoms with Crippen LogP contribution in [0.3, 0.4) is 0 Å². The summed E-state index contributed by atoms with van der Waals surface area (Å²) in [6, 6.07) is 0. The van der Waals surface area contributed by atoms with Crippen molar-refractivity contribution in [1.29, 1.82) is 0 Å². The smallest absolute Gasteiger partial charge is 0.302 e. The lowest BCUT2D eigenvalue weighted by atomic mass is 9.52. The van der Waals surface area contributed by atoms with E-state index in [1.807, 2.05) is 0 Å². The quantitative estimate of drug-likeness (QED) is 0.739. The molecule has 0 aliphatic heterocycles. The number of hydrogen-bond acceptors (Lipinski definition) is 4. The first-order valence-corrected chi connectivity index (χ1v) is 9.54.